The van der Waals surface area contributed by atoms with E-state index in [4.69, 9.17) is 5.73 Å². The van der Waals surface area contributed by atoms with E-state index in [-0.39, 0.29) is 12.5 Å². The number of hydrogen-bond donors (Lipinski definition) is 2. The average molecular weight is 220 g/mol. The summed E-state index contributed by atoms with van der Waals surface area (Å²) in [6, 6.07) is 9.39. The molecule has 0 heterocycles. The highest BCUT2D eigenvalue weighted by molar-refractivity contribution is 5.90. The Morgan fingerprint density at radius 1 is 1.25 bits per heavy atom. The van der Waals surface area contributed by atoms with Crippen LogP contribution in [-0.2, 0) is 15.0 Å². The van der Waals surface area contributed by atoms with E-state index in [1.165, 1.54) is 0 Å². The van der Waals surface area contributed by atoms with Gasteiger partial charge in [0.1, 0.15) is 0 Å². The minimum Gasteiger partial charge on any atom is -0.368 e. The quantitative estimate of drug-likeness (QED) is 0.778. The third-order valence-electron chi connectivity index (χ3n) is 2.49. The van der Waals surface area contributed by atoms with Gasteiger partial charge in [-0.1, -0.05) is 30.3 Å². The molecule has 0 saturated heterocycles. The predicted octanol–water partition coefficient (Wildman–Crippen LogP) is 0.566. The highest BCUT2D eigenvalue weighted by atomic mass is 16.2. The second kappa shape index (κ2) is 4.79. The number of rotatable bonds is 4. The van der Waals surface area contributed by atoms with E-state index in [2.05, 4.69) is 5.32 Å². The van der Waals surface area contributed by atoms with Crippen LogP contribution in [0.3, 0.4) is 0 Å². The van der Waals surface area contributed by atoms with Crippen molar-refractivity contribution in [2.24, 2.45) is 5.73 Å². The van der Waals surface area contributed by atoms with Crippen LogP contribution < -0.4 is 11.1 Å². The van der Waals surface area contributed by atoms with Gasteiger partial charge in [-0.15, -0.1) is 0 Å². The number of nitrogens with one attached hydrogen (secondary N) is 1. The first-order chi connectivity index (χ1) is 7.44. The molecule has 1 rings (SSSR count). The first-order valence-corrected chi connectivity index (χ1v) is 5.06. The van der Waals surface area contributed by atoms with E-state index >= 15 is 0 Å². The van der Waals surface area contributed by atoms with Crippen molar-refractivity contribution in [3.05, 3.63) is 35.9 Å². The zero-order chi connectivity index (χ0) is 12.2. The number of nitrogens with two attached hydrogens (primary N) is 1. The first kappa shape index (κ1) is 12.2. The standard InChI is InChI=1S/C12H16N2O2/c1-12(2,9-6-4-3-5-7-9)11(16)14-8-10(13)15/h3-7H,8H2,1-2H3,(H2,13,15)(H,14,16). The number of hydrogen-bond acceptors (Lipinski definition) is 2. The molecule has 2 amide bonds. The molecule has 0 spiro atoms. The zero-order valence-corrected chi connectivity index (χ0v) is 9.49. The molecule has 0 aliphatic carbocycles. The molecule has 0 aliphatic rings. The summed E-state index contributed by atoms with van der Waals surface area (Å²) < 4.78 is 0. The van der Waals surface area contributed by atoms with Crippen molar-refractivity contribution in [2.75, 3.05) is 6.54 Å². The molecule has 3 N–H and O–H groups in total. The van der Waals surface area contributed by atoms with Gasteiger partial charge in [-0.25, -0.2) is 0 Å². The Morgan fingerprint density at radius 3 is 2.31 bits per heavy atom. The van der Waals surface area contributed by atoms with Gasteiger partial charge in [-0.2, -0.15) is 0 Å². The number of amides is 2. The summed E-state index contributed by atoms with van der Waals surface area (Å²) in [7, 11) is 0. The van der Waals surface area contributed by atoms with Gasteiger partial charge in [0.15, 0.2) is 0 Å². The Labute approximate surface area is 94.8 Å². The fourth-order valence-corrected chi connectivity index (χ4v) is 1.37. The average Bonchev–Trinajstić information content (AvgIpc) is 2.27. The molecule has 4 nitrogen and oxygen atoms in total. The molecule has 0 radical (unpaired) electrons. The highest BCUT2D eigenvalue weighted by Gasteiger charge is 2.29. The van der Waals surface area contributed by atoms with Crippen LogP contribution >= 0.6 is 0 Å². The van der Waals surface area contributed by atoms with E-state index in [9.17, 15) is 9.59 Å². The number of carbonyl (C=O) groups excluding carboxylic acids is 2. The van der Waals surface area contributed by atoms with E-state index in [1.54, 1.807) is 13.8 Å². The summed E-state index contributed by atoms with van der Waals surface area (Å²) in [6.07, 6.45) is 0. The fourth-order valence-electron chi connectivity index (χ4n) is 1.37. The Hall–Kier alpha value is -1.84. The van der Waals surface area contributed by atoms with Gasteiger partial charge in [-0.3, -0.25) is 9.59 Å². The van der Waals surface area contributed by atoms with E-state index in [0.29, 0.717) is 0 Å². The molecule has 1 aromatic carbocycles. The topological polar surface area (TPSA) is 72.2 Å². The smallest absolute Gasteiger partial charge is 0.236 e. The molecular formula is C12H16N2O2. The summed E-state index contributed by atoms with van der Waals surface area (Å²) in [4.78, 5) is 22.4. The van der Waals surface area contributed by atoms with Crippen molar-refractivity contribution in [1.82, 2.24) is 5.32 Å². The van der Waals surface area contributed by atoms with Crippen LogP contribution in [0.4, 0.5) is 0 Å². The van der Waals surface area contributed by atoms with Crippen LogP contribution in [0.5, 0.6) is 0 Å². The maximum atomic E-state index is 11.9. The Bertz CT molecular complexity index is 385. The second-order valence-corrected chi connectivity index (χ2v) is 4.14. The lowest BCUT2D eigenvalue weighted by atomic mass is 9.84. The molecule has 0 unspecified atom stereocenters. The van der Waals surface area contributed by atoms with Crippen molar-refractivity contribution in [1.29, 1.82) is 0 Å². The van der Waals surface area contributed by atoms with Crippen LogP contribution in [0.2, 0.25) is 0 Å². The summed E-state index contributed by atoms with van der Waals surface area (Å²) in [5.41, 5.74) is 5.20. The lowest BCUT2D eigenvalue weighted by Gasteiger charge is -2.23. The molecule has 0 bridgehead atoms. The normalized spacial score (nSPS) is 10.9. The van der Waals surface area contributed by atoms with Crippen LogP contribution in [0.15, 0.2) is 30.3 Å². The van der Waals surface area contributed by atoms with Gasteiger partial charge in [-0.05, 0) is 19.4 Å². The van der Waals surface area contributed by atoms with Crippen molar-refractivity contribution in [3.8, 4) is 0 Å². The zero-order valence-electron chi connectivity index (χ0n) is 9.49. The number of carbonyl (C=O) groups is 2. The first-order valence-electron chi connectivity index (χ1n) is 5.06. The summed E-state index contributed by atoms with van der Waals surface area (Å²) in [5.74, 6) is -0.755. The van der Waals surface area contributed by atoms with Crippen molar-refractivity contribution in [2.45, 2.75) is 19.3 Å². The van der Waals surface area contributed by atoms with Gasteiger partial charge in [0.2, 0.25) is 11.8 Å². The Balaban J connectivity index is 2.78. The molecule has 1 aromatic rings. The number of primary amides is 1. The van der Waals surface area contributed by atoms with Crippen molar-refractivity contribution >= 4 is 11.8 Å². The molecule has 0 atom stereocenters. The van der Waals surface area contributed by atoms with Crippen LogP contribution in [0, 0.1) is 0 Å². The monoisotopic (exact) mass is 220 g/mol. The van der Waals surface area contributed by atoms with Crippen molar-refractivity contribution < 1.29 is 9.59 Å². The highest BCUT2D eigenvalue weighted by Crippen LogP contribution is 2.22. The molecular weight excluding hydrogens is 204 g/mol. The lowest BCUT2D eigenvalue weighted by Crippen LogP contribution is -2.43. The molecule has 0 aliphatic heterocycles. The van der Waals surface area contributed by atoms with E-state index in [0.717, 1.165) is 5.56 Å². The van der Waals surface area contributed by atoms with E-state index < -0.39 is 11.3 Å². The predicted molar refractivity (Wildman–Crippen MR) is 61.7 cm³/mol. The maximum Gasteiger partial charge on any atom is 0.236 e. The largest absolute Gasteiger partial charge is 0.368 e. The minimum absolute atomic E-state index is 0.130. The molecule has 4 heteroatoms. The van der Waals surface area contributed by atoms with Gasteiger partial charge >= 0.3 is 0 Å². The van der Waals surface area contributed by atoms with Crippen LogP contribution in [0.25, 0.3) is 0 Å². The Morgan fingerprint density at radius 2 is 1.81 bits per heavy atom. The minimum atomic E-state index is -0.670. The van der Waals surface area contributed by atoms with Crippen LogP contribution in [-0.4, -0.2) is 18.4 Å². The van der Waals surface area contributed by atoms with Crippen molar-refractivity contribution in [3.63, 3.8) is 0 Å². The van der Waals surface area contributed by atoms with Gasteiger partial charge in [0.25, 0.3) is 0 Å². The molecule has 16 heavy (non-hydrogen) atoms. The molecule has 0 fully saturated rings. The summed E-state index contributed by atoms with van der Waals surface area (Å²) in [6.45, 7) is 3.48. The van der Waals surface area contributed by atoms with Crippen LogP contribution in [0.1, 0.15) is 19.4 Å². The third-order valence-corrected chi connectivity index (χ3v) is 2.49. The molecule has 86 valence electrons. The van der Waals surface area contributed by atoms with E-state index in [1.807, 2.05) is 30.3 Å². The third kappa shape index (κ3) is 2.82. The Kier molecular flexibility index (Phi) is 3.66. The number of benzene rings is 1. The molecule has 0 aromatic heterocycles. The lowest BCUT2D eigenvalue weighted by molar-refractivity contribution is -0.128. The summed E-state index contributed by atoms with van der Waals surface area (Å²) in [5, 5.41) is 2.51. The SMILES string of the molecule is CC(C)(C(=O)NCC(N)=O)c1ccccc1. The van der Waals surface area contributed by atoms with Gasteiger partial charge in [0.05, 0.1) is 12.0 Å². The second-order valence-electron chi connectivity index (χ2n) is 4.14. The fraction of sp³-hybridized carbons (Fsp3) is 0.333. The van der Waals surface area contributed by atoms with Gasteiger partial charge < -0.3 is 11.1 Å². The maximum absolute atomic E-state index is 11.9. The van der Waals surface area contributed by atoms with Gasteiger partial charge in [0, 0.05) is 0 Å². The summed E-state index contributed by atoms with van der Waals surface area (Å²) >= 11 is 0. The molecule has 0 saturated carbocycles.